The third-order valence-electron chi connectivity index (χ3n) is 6.68. The maximum absolute atomic E-state index is 13.1. The van der Waals surface area contributed by atoms with Gasteiger partial charge in [0.2, 0.25) is 5.91 Å². The number of amides is 2. The van der Waals surface area contributed by atoms with Gasteiger partial charge in [-0.3, -0.25) is 14.4 Å². The molecule has 1 unspecified atom stereocenters. The van der Waals surface area contributed by atoms with E-state index in [0.29, 0.717) is 46.4 Å². The molecule has 0 aliphatic heterocycles. The molecule has 1 saturated carbocycles. The maximum Gasteiger partial charge on any atom is 0.257 e. The SMILES string of the molecule is CCOc1ccc(NC(=O)c2cc(CNC(=O)C(C)(C)C)ccc2Cl)cc1C(=O)CCC1CC1(C)C. The molecule has 6 nitrogen and oxygen atoms in total. The van der Waals surface area contributed by atoms with Gasteiger partial charge in [-0.05, 0) is 67.0 Å². The van der Waals surface area contributed by atoms with Gasteiger partial charge in [-0.15, -0.1) is 0 Å². The standard InChI is InChI=1S/C29H37ClN2O4/c1-7-36-25-13-10-20(15-22(25)24(33)12-9-19-16-29(19,5)6)32-26(34)21-14-18(8-11-23(21)30)17-31-27(35)28(2,3)4/h8,10-11,13-15,19H,7,9,12,16-17H2,1-6H3,(H,31,35)(H,32,34). The van der Waals surface area contributed by atoms with Crippen LogP contribution in [0.25, 0.3) is 0 Å². The topological polar surface area (TPSA) is 84.5 Å². The van der Waals surface area contributed by atoms with Gasteiger partial charge in [0.15, 0.2) is 5.78 Å². The van der Waals surface area contributed by atoms with Crippen molar-refractivity contribution in [3.63, 3.8) is 0 Å². The highest BCUT2D eigenvalue weighted by Gasteiger charge is 2.44. The highest BCUT2D eigenvalue weighted by Crippen LogP contribution is 2.54. The van der Waals surface area contributed by atoms with Gasteiger partial charge >= 0.3 is 0 Å². The summed E-state index contributed by atoms with van der Waals surface area (Å²) in [5.41, 5.74) is 1.82. The van der Waals surface area contributed by atoms with E-state index in [4.69, 9.17) is 16.3 Å². The van der Waals surface area contributed by atoms with Gasteiger partial charge in [-0.25, -0.2) is 0 Å². The molecule has 2 aromatic rings. The first-order valence-corrected chi connectivity index (χ1v) is 12.9. The number of hydrogen-bond donors (Lipinski definition) is 2. The number of carbonyl (C=O) groups excluding carboxylic acids is 3. The molecule has 36 heavy (non-hydrogen) atoms. The Morgan fingerprint density at radius 2 is 1.78 bits per heavy atom. The predicted octanol–water partition coefficient (Wildman–Crippen LogP) is 6.66. The van der Waals surface area contributed by atoms with E-state index in [2.05, 4.69) is 24.5 Å². The van der Waals surface area contributed by atoms with E-state index in [1.54, 1.807) is 36.4 Å². The van der Waals surface area contributed by atoms with Crippen molar-refractivity contribution in [3.8, 4) is 5.75 Å². The fraction of sp³-hybridized carbons (Fsp3) is 0.483. The maximum atomic E-state index is 13.1. The van der Waals surface area contributed by atoms with E-state index in [1.165, 1.54) is 0 Å². The number of anilines is 1. The van der Waals surface area contributed by atoms with Crippen molar-refractivity contribution in [1.82, 2.24) is 5.32 Å². The van der Waals surface area contributed by atoms with Crippen LogP contribution < -0.4 is 15.4 Å². The molecule has 1 fully saturated rings. The summed E-state index contributed by atoms with van der Waals surface area (Å²) in [6.07, 6.45) is 2.44. The molecule has 0 spiro atoms. The molecule has 194 valence electrons. The van der Waals surface area contributed by atoms with Crippen molar-refractivity contribution < 1.29 is 19.1 Å². The number of carbonyl (C=O) groups is 3. The summed E-state index contributed by atoms with van der Waals surface area (Å²) in [5.74, 6) is 0.617. The van der Waals surface area contributed by atoms with Gasteiger partial charge in [0, 0.05) is 24.1 Å². The second-order valence-corrected chi connectivity index (χ2v) is 11.6. The fourth-order valence-electron chi connectivity index (χ4n) is 4.12. The zero-order chi connectivity index (χ0) is 26.7. The Kier molecular flexibility index (Phi) is 8.50. The van der Waals surface area contributed by atoms with Gasteiger partial charge in [0.05, 0.1) is 22.8 Å². The Morgan fingerprint density at radius 3 is 2.39 bits per heavy atom. The van der Waals surface area contributed by atoms with Crippen LogP contribution >= 0.6 is 11.6 Å². The van der Waals surface area contributed by atoms with Crippen LogP contribution in [0.3, 0.4) is 0 Å². The van der Waals surface area contributed by atoms with Crippen molar-refractivity contribution >= 4 is 34.9 Å². The summed E-state index contributed by atoms with van der Waals surface area (Å²) in [6, 6.07) is 10.2. The first-order chi connectivity index (χ1) is 16.8. The molecular formula is C29H37ClN2O4. The van der Waals surface area contributed by atoms with Gasteiger partial charge < -0.3 is 15.4 Å². The summed E-state index contributed by atoms with van der Waals surface area (Å²) in [5, 5.41) is 6.03. The van der Waals surface area contributed by atoms with Gasteiger partial charge in [0.25, 0.3) is 5.91 Å². The minimum absolute atomic E-state index is 0.00636. The first-order valence-electron chi connectivity index (χ1n) is 12.5. The van der Waals surface area contributed by atoms with Crippen LogP contribution in [0.5, 0.6) is 5.75 Å². The average molecular weight is 513 g/mol. The normalized spacial score (nSPS) is 16.2. The summed E-state index contributed by atoms with van der Waals surface area (Å²) in [7, 11) is 0. The van der Waals surface area contributed by atoms with Crippen LogP contribution in [-0.2, 0) is 11.3 Å². The molecular weight excluding hydrogens is 476 g/mol. The highest BCUT2D eigenvalue weighted by molar-refractivity contribution is 6.34. The molecule has 1 aliphatic rings. The molecule has 2 N–H and O–H groups in total. The Hall–Kier alpha value is -2.86. The lowest BCUT2D eigenvalue weighted by Crippen LogP contribution is -2.34. The number of ketones is 1. The van der Waals surface area contributed by atoms with Gasteiger partial charge in [-0.2, -0.15) is 0 Å². The van der Waals surface area contributed by atoms with Crippen LogP contribution in [0.4, 0.5) is 5.69 Å². The largest absolute Gasteiger partial charge is 0.493 e. The number of rotatable bonds is 10. The monoisotopic (exact) mass is 512 g/mol. The van der Waals surface area contributed by atoms with E-state index in [1.807, 2.05) is 27.7 Å². The summed E-state index contributed by atoms with van der Waals surface area (Å²) in [6.45, 7) is 12.6. The lowest BCUT2D eigenvalue weighted by atomic mass is 9.95. The lowest BCUT2D eigenvalue weighted by Gasteiger charge is -2.18. The van der Waals surface area contributed by atoms with Crippen molar-refractivity contribution in [2.24, 2.45) is 16.7 Å². The number of benzene rings is 2. The summed E-state index contributed by atoms with van der Waals surface area (Å²) < 4.78 is 5.68. The van der Waals surface area contributed by atoms with Gasteiger partial charge in [-0.1, -0.05) is 52.3 Å². The van der Waals surface area contributed by atoms with E-state index >= 15 is 0 Å². The number of ether oxygens (including phenoxy) is 1. The third kappa shape index (κ3) is 7.10. The number of halogens is 1. The molecule has 0 radical (unpaired) electrons. The number of nitrogens with one attached hydrogen (secondary N) is 2. The van der Waals surface area contributed by atoms with Crippen molar-refractivity contribution in [1.29, 1.82) is 0 Å². The van der Waals surface area contributed by atoms with Crippen LogP contribution in [0, 0.1) is 16.7 Å². The molecule has 7 heteroatoms. The smallest absolute Gasteiger partial charge is 0.257 e. The van der Waals surface area contributed by atoms with Gasteiger partial charge in [0.1, 0.15) is 5.75 Å². The second kappa shape index (κ2) is 11.0. The van der Waals surface area contributed by atoms with E-state index in [0.717, 1.165) is 18.4 Å². The molecule has 0 bridgehead atoms. The Labute approximate surface area is 219 Å². The third-order valence-corrected chi connectivity index (χ3v) is 7.01. The summed E-state index contributed by atoms with van der Waals surface area (Å²) in [4.78, 5) is 38.3. The number of Topliss-reactive ketones (excluding diaryl/α,β-unsaturated/α-hetero) is 1. The van der Waals surface area contributed by atoms with E-state index in [9.17, 15) is 14.4 Å². The minimum atomic E-state index is -0.510. The molecule has 0 heterocycles. The Morgan fingerprint density at radius 1 is 1.08 bits per heavy atom. The minimum Gasteiger partial charge on any atom is -0.493 e. The molecule has 0 aromatic heterocycles. The van der Waals surface area contributed by atoms with Crippen molar-refractivity contribution in [2.45, 2.75) is 67.3 Å². The average Bonchev–Trinajstić information content (AvgIpc) is 3.43. The fourth-order valence-corrected chi connectivity index (χ4v) is 4.32. The van der Waals surface area contributed by atoms with Crippen LogP contribution in [0.15, 0.2) is 36.4 Å². The summed E-state index contributed by atoms with van der Waals surface area (Å²) >= 11 is 6.32. The predicted molar refractivity (Wildman–Crippen MR) is 144 cm³/mol. The van der Waals surface area contributed by atoms with Crippen molar-refractivity contribution in [2.75, 3.05) is 11.9 Å². The molecule has 2 amide bonds. The zero-order valence-corrected chi connectivity index (χ0v) is 22.8. The molecule has 2 aromatic carbocycles. The Bertz CT molecular complexity index is 1150. The molecule has 1 atom stereocenters. The zero-order valence-electron chi connectivity index (χ0n) is 22.1. The number of hydrogen-bond acceptors (Lipinski definition) is 4. The molecule has 3 rings (SSSR count). The first kappa shape index (κ1) is 27.7. The van der Waals surface area contributed by atoms with Crippen LogP contribution in [-0.4, -0.2) is 24.2 Å². The highest BCUT2D eigenvalue weighted by atomic mass is 35.5. The van der Waals surface area contributed by atoms with Crippen molar-refractivity contribution in [3.05, 3.63) is 58.1 Å². The second-order valence-electron chi connectivity index (χ2n) is 11.2. The molecule has 1 aliphatic carbocycles. The Balaban J connectivity index is 1.73. The lowest BCUT2D eigenvalue weighted by molar-refractivity contribution is -0.128. The van der Waals surface area contributed by atoms with Crippen LogP contribution in [0.1, 0.15) is 87.1 Å². The van der Waals surface area contributed by atoms with E-state index in [-0.39, 0.29) is 23.8 Å². The van der Waals surface area contributed by atoms with E-state index < -0.39 is 11.3 Å². The van der Waals surface area contributed by atoms with Crippen LogP contribution in [0.2, 0.25) is 5.02 Å². The quantitative estimate of drug-likeness (QED) is 0.348. The molecule has 0 saturated heterocycles.